The molecule has 5 heteroatoms. The van der Waals surface area contributed by atoms with Crippen LogP contribution in [0.5, 0.6) is 0 Å². The van der Waals surface area contributed by atoms with Crippen LogP contribution in [0.15, 0.2) is 44.0 Å². The highest BCUT2D eigenvalue weighted by atomic mass is 16.5. The van der Waals surface area contributed by atoms with E-state index in [1.165, 1.54) is 6.07 Å². The van der Waals surface area contributed by atoms with E-state index in [-0.39, 0.29) is 28.3 Å². The van der Waals surface area contributed by atoms with Gasteiger partial charge in [0.15, 0.2) is 5.76 Å². The topological polar surface area (TPSA) is 72.5 Å². The lowest BCUT2D eigenvalue weighted by Crippen LogP contribution is -2.26. The lowest BCUT2D eigenvalue weighted by Gasteiger charge is -2.04. The molecule has 3 rings (SSSR count). The van der Waals surface area contributed by atoms with Crippen molar-refractivity contribution >= 4 is 28.0 Å². The second kappa shape index (κ2) is 5.09. The van der Waals surface area contributed by atoms with Gasteiger partial charge >= 0.3 is 5.78 Å². The quantitative estimate of drug-likeness (QED) is 0.803. The van der Waals surface area contributed by atoms with Crippen molar-refractivity contribution in [1.29, 1.82) is 0 Å². The van der Waals surface area contributed by atoms with Crippen LogP contribution in [0.1, 0.15) is 24.4 Å². The summed E-state index contributed by atoms with van der Waals surface area (Å²) in [4.78, 5) is 24.3. The summed E-state index contributed by atoms with van der Waals surface area (Å²) in [5, 5.41) is 3.50. The predicted molar refractivity (Wildman–Crippen MR) is 79.4 cm³/mol. The summed E-state index contributed by atoms with van der Waals surface area (Å²) in [6.07, 6.45) is 0. The SMILES string of the molecule is CC(C)CNC(=O)c1cc2c(=O)c3ccccc3oc2o1. The highest BCUT2D eigenvalue weighted by molar-refractivity contribution is 5.97. The monoisotopic (exact) mass is 285 g/mol. The Labute approximate surface area is 120 Å². The van der Waals surface area contributed by atoms with E-state index in [0.29, 0.717) is 23.4 Å². The Balaban J connectivity index is 2.08. The van der Waals surface area contributed by atoms with Crippen LogP contribution >= 0.6 is 0 Å². The molecule has 0 fully saturated rings. The van der Waals surface area contributed by atoms with Crippen LogP contribution in [0.2, 0.25) is 0 Å². The highest BCUT2D eigenvalue weighted by Gasteiger charge is 2.17. The van der Waals surface area contributed by atoms with Crippen LogP contribution in [-0.2, 0) is 0 Å². The number of carbonyl (C=O) groups is 1. The van der Waals surface area contributed by atoms with Gasteiger partial charge in [-0.05, 0) is 18.1 Å². The molecule has 0 unspecified atom stereocenters. The molecule has 0 aliphatic rings. The summed E-state index contributed by atoms with van der Waals surface area (Å²) in [7, 11) is 0. The molecule has 0 aliphatic carbocycles. The summed E-state index contributed by atoms with van der Waals surface area (Å²) in [6.45, 7) is 4.53. The summed E-state index contributed by atoms with van der Waals surface area (Å²) in [6, 6.07) is 8.35. The molecule has 0 aliphatic heterocycles. The molecule has 21 heavy (non-hydrogen) atoms. The average molecular weight is 285 g/mol. The zero-order valence-corrected chi connectivity index (χ0v) is 11.8. The van der Waals surface area contributed by atoms with Crippen LogP contribution in [0, 0.1) is 5.92 Å². The van der Waals surface area contributed by atoms with Crippen molar-refractivity contribution in [2.24, 2.45) is 5.92 Å². The Morgan fingerprint density at radius 3 is 2.71 bits per heavy atom. The summed E-state index contributed by atoms with van der Waals surface area (Å²) >= 11 is 0. The third kappa shape index (κ3) is 2.42. The molecule has 0 radical (unpaired) electrons. The number of hydrogen-bond acceptors (Lipinski definition) is 4. The molecule has 0 spiro atoms. The third-order valence-corrected chi connectivity index (χ3v) is 3.17. The van der Waals surface area contributed by atoms with Gasteiger partial charge in [0, 0.05) is 12.6 Å². The lowest BCUT2D eigenvalue weighted by molar-refractivity contribution is 0.0921. The fraction of sp³-hybridized carbons (Fsp3) is 0.250. The van der Waals surface area contributed by atoms with E-state index >= 15 is 0 Å². The summed E-state index contributed by atoms with van der Waals surface area (Å²) in [5.74, 6) is 0.148. The molecule has 0 atom stereocenters. The van der Waals surface area contributed by atoms with E-state index in [9.17, 15) is 9.59 Å². The number of amides is 1. The molecular weight excluding hydrogens is 270 g/mol. The van der Waals surface area contributed by atoms with Crippen molar-refractivity contribution < 1.29 is 13.6 Å². The van der Waals surface area contributed by atoms with E-state index in [2.05, 4.69) is 5.32 Å². The van der Waals surface area contributed by atoms with Crippen LogP contribution in [-0.4, -0.2) is 12.5 Å². The maximum atomic E-state index is 12.3. The number of carbonyl (C=O) groups excluding carboxylic acids is 1. The summed E-state index contributed by atoms with van der Waals surface area (Å²) < 4.78 is 10.9. The van der Waals surface area contributed by atoms with Crippen molar-refractivity contribution in [2.75, 3.05) is 6.54 Å². The molecule has 1 N–H and O–H groups in total. The number of para-hydroxylation sites is 1. The van der Waals surface area contributed by atoms with Gasteiger partial charge in [-0.1, -0.05) is 26.0 Å². The van der Waals surface area contributed by atoms with Crippen LogP contribution in [0.3, 0.4) is 0 Å². The van der Waals surface area contributed by atoms with Gasteiger partial charge in [-0.15, -0.1) is 0 Å². The normalized spacial score (nSPS) is 11.4. The van der Waals surface area contributed by atoms with E-state index in [4.69, 9.17) is 8.83 Å². The number of hydrogen-bond donors (Lipinski definition) is 1. The fourth-order valence-corrected chi connectivity index (χ4v) is 2.09. The first-order chi connectivity index (χ1) is 10.1. The van der Waals surface area contributed by atoms with Crippen molar-refractivity contribution in [2.45, 2.75) is 13.8 Å². The molecule has 2 aromatic heterocycles. The fourth-order valence-electron chi connectivity index (χ4n) is 2.09. The largest absolute Gasteiger partial charge is 0.425 e. The predicted octanol–water partition coefficient (Wildman–Crippen LogP) is 2.93. The van der Waals surface area contributed by atoms with Gasteiger partial charge in [0.2, 0.25) is 5.43 Å². The molecule has 5 nitrogen and oxygen atoms in total. The maximum absolute atomic E-state index is 12.3. The Bertz CT molecular complexity index is 873. The van der Waals surface area contributed by atoms with Crippen LogP contribution < -0.4 is 10.7 Å². The molecule has 1 amide bonds. The first kappa shape index (κ1) is 13.4. The Kier molecular flexibility index (Phi) is 3.25. The first-order valence-corrected chi connectivity index (χ1v) is 6.80. The van der Waals surface area contributed by atoms with E-state index < -0.39 is 0 Å². The first-order valence-electron chi connectivity index (χ1n) is 6.80. The lowest BCUT2D eigenvalue weighted by atomic mass is 10.2. The van der Waals surface area contributed by atoms with Gasteiger partial charge in [0.05, 0.1) is 5.39 Å². The maximum Gasteiger partial charge on any atom is 0.302 e. The smallest absolute Gasteiger partial charge is 0.302 e. The molecule has 0 saturated carbocycles. The Morgan fingerprint density at radius 2 is 1.95 bits per heavy atom. The minimum absolute atomic E-state index is 0.0772. The Hall–Kier alpha value is -2.56. The number of nitrogens with one attached hydrogen (secondary N) is 1. The number of rotatable bonds is 3. The zero-order chi connectivity index (χ0) is 15.0. The van der Waals surface area contributed by atoms with Crippen molar-refractivity contribution in [1.82, 2.24) is 5.32 Å². The number of benzene rings is 1. The zero-order valence-electron chi connectivity index (χ0n) is 11.8. The Morgan fingerprint density at radius 1 is 1.19 bits per heavy atom. The number of fused-ring (bicyclic) bond motifs is 2. The molecular formula is C16H15NO4. The minimum Gasteiger partial charge on any atom is -0.425 e. The van der Waals surface area contributed by atoms with E-state index in [1.807, 2.05) is 13.8 Å². The van der Waals surface area contributed by atoms with E-state index in [0.717, 1.165) is 0 Å². The van der Waals surface area contributed by atoms with E-state index in [1.54, 1.807) is 24.3 Å². The van der Waals surface area contributed by atoms with Crippen LogP contribution in [0.4, 0.5) is 0 Å². The van der Waals surface area contributed by atoms with Crippen molar-refractivity contribution in [3.05, 3.63) is 46.3 Å². The van der Waals surface area contributed by atoms with Crippen molar-refractivity contribution in [3.63, 3.8) is 0 Å². The van der Waals surface area contributed by atoms with Gasteiger partial charge < -0.3 is 14.2 Å². The summed E-state index contributed by atoms with van der Waals surface area (Å²) in [5.41, 5.74) is 0.247. The molecule has 108 valence electrons. The molecule has 1 aromatic carbocycles. The second-order valence-corrected chi connectivity index (χ2v) is 5.34. The standard InChI is InChI=1S/C16H15NO4/c1-9(2)8-17-15(19)13-7-11-14(18)10-5-3-4-6-12(10)20-16(11)21-13/h3-7,9H,8H2,1-2H3,(H,17,19). The highest BCUT2D eigenvalue weighted by Crippen LogP contribution is 2.21. The molecule has 0 saturated heterocycles. The van der Waals surface area contributed by atoms with Gasteiger partial charge in [-0.25, -0.2) is 0 Å². The average Bonchev–Trinajstić information content (AvgIpc) is 2.89. The minimum atomic E-state index is -0.349. The second-order valence-electron chi connectivity index (χ2n) is 5.34. The van der Waals surface area contributed by atoms with Gasteiger partial charge in [-0.3, -0.25) is 9.59 Å². The van der Waals surface area contributed by atoms with Crippen LogP contribution in [0.25, 0.3) is 22.1 Å². The van der Waals surface area contributed by atoms with Crippen molar-refractivity contribution in [3.8, 4) is 0 Å². The van der Waals surface area contributed by atoms with Gasteiger partial charge in [0.1, 0.15) is 11.0 Å². The van der Waals surface area contributed by atoms with Gasteiger partial charge in [0.25, 0.3) is 5.91 Å². The molecule has 2 heterocycles. The van der Waals surface area contributed by atoms with Gasteiger partial charge in [-0.2, -0.15) is 0 Å². The molecule has 0 bridgehead atoms. The molecule has 3 aromatic rings. The number of furan rings is 1. The third-order valence-electron chi connectivity index (χ3n) is 3.17.